The average molecular weight is 377 g/mol. The number of aryl methyl sites for hydroxylation is 3. The van der Waals surface area contributed by atoms with Crippen LogP contribution in [0.3, 0.4) is 0 Å². The van der Waals surface area contributed by atoms with Crippen LogP contribution in [0, 0.1) is 20.8 Å². The number of rotatable bonds is 5. The maximum atomic E-state index is 11.6. The van der Waals surface area contributed by atoms with Gasteiger partial charge in [0.05, 0.1) is 13.5 Å². The Bertz CT molecular complexity index is 723. The summed E-state index contributed by atoms with van der Waals surface area (Å²) in [5, 5.41) is 0. The number of carbonyl (C=O) groups is 1. The molecule has 0 aliphatic carbocycles. The van der Waals surface area contributed by atoms with Crippen LogP contribution in [0.1, 0.15) is 27.8 Å². The highest BCUT2D eigenvalue weighted by Gasteiger charge is 2.12. The maximum absolute atomic E-state index is 11.6. The Morgan fingerprint density at radius 3 is 2.48 bits per heavy atom. The Kier molecular flexibility index (Phi) is 5.83. The smallest absolute Gasteiger partial charge is 0.309 e. The zero-order valence-corrected chi connectivity index (χ0v) is 15.5. The van der Waals surface area contributed by atoms with Gasteiger partial charge >= 0.3 is 5.97 Å². The van der Waals surface area contributed by atoms with Crippen molar-refractivity contribution in [2.45, 2.75) is 33.8 Å². The molecular weight excluding hydrogens is 356 g/mol. The van der Waals surface area contributed by atoms with Gasteiger partial charge in [0.25, 0.3) is 0 Å². The molecule has 0 aliphatic heterocycles. The summed E-state index contributed by atoms with van der Waals surface area (Å²) < 4.78 is 11.7. The summed E-state index contributed by atoms with van der Waals surface area (Å²) in [6.45, 7) is 6.60. The lowest BCUT2D eigenvalue weighted by Gasteiger charge is -2.15. The minimum atomic E-state index is -0.258. The summed E-state index contributed by atoms with van der Waals surface area (Å²) >= 11 is 3.55. The largest absolute Gasteiger partial charge is 0.489 e. The fourth-order valence-corrected chi connectivity index (χ4v) is 2.92. The normalized spacial score (nSPS) is 10.5. The van der Waals surface area contributed by atoms with Gasteiger partial charge in [0.1, 0.15) is 12.4 Å². The molecule has 0 amide bonds. The highest BCUT2D eigenvalue weighted by atomic mass is 79.9. The van der Waals surface area contributed by atoms with Crippen LogP contribution in [0.5, 0.6) is 5.75 Å². The monoisotopic (exact) mass is 376 g/mol. The molecule has 23 heavy (non-hydrogen) atoms. The molecule has 0 fully saturated rings. The van der Waals surface area contributed by atoms with Crippen LogP contribution in [0.2, 0.25) is 0 Å². The predicted octanol–water partition coefficient (Wildman–Crippen LogP) is 4.67. The van der Waals surface area contributed by atoms with E-state index in [4.69, 9.17) is 9.47 Å². The Morgan fingerprint density at radius 1 is 1.09 bits per heavy atom. The van der Waals surface area contributed by atoms with Crippen LogP contribution in [0.25, 0.3) is 0 Å². The van der Waals surface area contributed by atoms with Crippen LogP contribution in [0.15, 0.2) is 34.8 Å². The third-order valence-corrected chi connectivity index (χ3v) is 4.68. The number of ether oxygens (including phenoxy) is 2. The Morgan fingerprint density at radius 2 is 1.78 bits per heavy atom. The molecule has 0 saturated heterocycles. The molecule has 0 aliphatic rings. The first-order chi connectivity index (χ1) is 10.9. The van der Waals surface area contributed by atoms with E-state index in [1.54, 1.807) is 0 Å². The molecule has 0 heterocycles. The molecule has 2 rings (SSSR count). The molecule has 0 unspecified atom stereocenters. The highest BCUT2D eigenvalue weighted by Crippen LogP contribution is 2.27. The van der Waals surface area contributed by atoms with E-state index in [9.17, 15) is 4.79 Å². The summed E-state index contributed by atoms with van der Waals surface area (Å²) in [7, 11) is 1.40. The van der Waals surface area contributed by atoms with Gasteiger partial charge in [-0.1, -0.05) is 34.1 Å². The van der Waals surface area contributed by atoms with Crippen molar-refractivity contribution in [2.75, 3.05) is 7.11 Å². The van der Waals surface area contributed by atoms with Gasteiger partial charge in [-0.15, -0.1) is 0 Å². The molecule has 0 radical (unpaired) electrons. The molecule has 0 saturated carbocycles. The number of benzene rings is 2. The van der Waals surface area contributed by atoms with Crippen molar-refractivity contribution >= 4 is 21.9 Å². The highest BCUT2D eigenvalue weighted by molar-refractivity contribution is 9.10. The van der Waals surface area contributed by atoms with E-state index in [0.717, 1.165) is 26.9 Å². The van der Waals surface area contributed by atoms with Crippen molar-refractivity contribution in [3.8, 4) is 5.75 Å². The van der Waals surface area contributed by atoms with E-state index < -0.39 is 0 Å². The van der Waals surface area contributed by atoms with Crippen LogP contribution in [0.4, 0.5) is 0 Å². The zero-order chi connectivity index (χ0) is 17.0. The van der Waals surface area contributed by atoms with Crippen molar-refractivity contribution in [1.82, 2.24) is 0 Å². The van der Waals surface area contributed by atoms with Gasteiger partial charge in [0.15, 0.2) is 0 Å². The fourth-order valence-electron chi connectivity index (χ4n) is 2.40. The quantitative estimate of drug-likeness (QED) is 0.711. The second-order valence-corrected chi connectivity index (χ2v) is 6.48. The summed E-state index contributed by atoms with van der Waals surface area (Å²) in [5.74, 6) is 0.611. The number of hydrogen-bond donors (Lipinski definition) is 0. The topological polar surface area (TPSA) is 35.5 Å². The van der Waals surface area contributed by atoms with Crippen molar-refractivity contribution in [3.63, 3.8) is 0 Å². The third kappa shape index (κ3) is 4.35. The summed E-state index contributed by atoms with van der Waals surface area (Å²) in [5.41, 5.74) is 5.44. The van der Waals surface area contributed by atoms with Gasteiger partial charge in [0, 0.05) is 10.0 Å². The zero-order valence-electron chi connectivity index (χ0n) is 13.9. The second kappa shape index (κ2) is 7.64. The summed E-state index contributed by atoms with van der Waals surface area (Å²) in [4.78, 5) is 11.6. The summed E-state index contributed by atoms with van der Waals surface area (Å²) in [6, 6.07) is 9.97. The van der Waals surface area contributed by atoms with Gasteiger partial charge in [-0.2, -0.15) is 0 Å². The molecule has 0 bridgehead atoms. The van der Waals surface area contributed by atoms with Gasteiger partial charge in [-0.05, 0) is 55.2 Å². The number of carbonyl (C=O) groups excluding carboxylic acids is 1. The number of halogens is 1. The Hall–Kier alpha value is -1.81. The van der Waals surface area contributed by atoms with E-state index in [-0.39, 0.29) is 12.4 Å². The van der Waals surface area contributed by atoms with Crippen LogP contribution < -0.4 is 4.74 Å². The number of esters is 1. The second-order valence-electron chi connectivity index (χ2n) is 5.62. The molecule has 0 N–H and O–H groups in total. The van der Waals surface area contributed by atoms with Crippen LogP contribution >= 0.6 is 15.9 Å². The van der Waals surface area contributed by atoms with E-state index in [1.807, 2.05) is 25.1 Å². The SMILES string of the molecule is COC(=O)Cc1cccc(Br)c1COc1cc(C)c(C)cc1C. The van der Waals surface area contributed by atoms with Crippen molar-refractivity contribution in [3.05, 3.63) is 62.6 Å². The lowest BCUT2D eigenvalue weighted by atomic mass is 10.0. The third-order valence-electron chi connectivity index (χ3n) is 3.94. The molecule has 0 spiro atoms. The average Bonchev–Trinajstić information content (AvgIpc) is 2.51. The molecule has 2 aromatic rings. The van der Waals surface area contributed by atoms with E-state index in [2.05, 4.69) is 41.9 Å². The first kappa shape index (κ1) is 17.5. The van der Waals surface area contributed by atoms with E-state index in [1.165, 1.54) is 18.2 Å². The Labute approximate surface area is 145 Å². The summed E-state index contributed by atoms with van der Waals surface area (Å²) in [6.07, 6.45) is 0.237. The van der Waals surface area contributed by atoms with Crippen LogP contribution in [-0.4, -0.2) is 13.1 Å². The van der Waals surface area contributed by atoms with E-state index in [0.29, 0.717) is 6.61 Å². The van der Waals surface area contributed by atoms with Gasteiger partial charge in [-0.25, -0.2) is 0 Å². The van der Waals surface area contributed by atoms with Crippen LogP contribution in [-0.2, 0) is 22.6 Å². The maximum Gasteiger partial charge on any atom is 0.309 e. The first-order valence-electron chi connectivity index (χ1n) is 7.46. The standard InChI is InChI=1S/C19H21BrO3/c1-12-8-14(3)18(9-13(12)2)23-11-16-15(10-19(21)22-4)6-5-7-17(16)20/h5-9H,10-11H2,1-4H3. The minimum Gasteiger partial charge on any atom is -0.489 e. The molecular formula is C19H21BrO3. The first-order valence-corrected chi connectivity index (χ1v) is 8.25. The van der Waals surface area contributed by atoms with E-state index >= 15 is 0 Å². The lowest BCUT2D eigenvalue weighted by Crippen LogP contribution is -2.09. The number of hydrogen-bond acceptors (Lipinski definition) is 3. The molecule has 0 atom stereocenters. The molecule has 3 nitrogen and oxygen atoms in total. The van der Waals surface area contributed by atoms with Gasteiger partial charge in [0.2, 0.25) is 0 Å². The van der Waals surface area contributed by atoms with Crippen molar-refractivity contribution in [1.29, 1.82) is 0 Å². The molecule has 2 aromatic carbocycles. The minimum absolute atomic E-state index is 0.237. The molecule has 4 heteroatoms. The van der Waals surface area contributed by atoms with Crippen molar-refractivity contribution < 1.29 is 14.3 Å². The van der Waals surface area contributed by atoms with Gasteiger partial charge < -0.3 is 9.47 Å². The molecule has 0 aromatic heterocycles. The van der Waals surface area contributed by atoms with Gasteiger partial charge in [-0.3, -0.25) is 4.79 Å². The Balaban J connectivity index is 2.23. The van der Waals surface area contributed by atoms with Crippen molar-refractivity contribution in [2.24, 2.45) is 0 Å². The predicted molar refractivity (Wildman–Crippen MR) is 94.8 cm³/mol. The number of methoxy groups -OCH3 is 1. The fraction of sp³-hybridized carbons (Fsp3) is 0.316. The lowest BCUT2D eigenvalue weighted by molar-refractivity contribution is -0.139. The molecule has 122 valence electrons.